The summed E-state index contributed by atoms with van der Waals surface area (Å²) in [6.45, 7) is 1.96. The number of nitrogens with two attached hydrogens (primary N) is 1. The van der Waals surface area contributed by atoms with Gasteiger partial charge in [0.25, 0.3) is 0 Å². The van der Waals surface area contributed by atoms with Crippen molar-refractivity contribution >= 4 is 21.7 Å². The summed E-state index contributed by atoms with van der Waals surface area (Å²) in [6, 6.07) is 3.69. The van der Waals surface area contributed by atoms with Gasteiger partial charge in [-0.2, -0.15) is 0 Å². The van der Waals surface area contributed by atoms with Crippen molar-refractivity contribution in [1.82, 2.24) is 4.98 Å². The van der Waals surface area contributed by atoms with Gasteiger partial charge in [0, 0.05) is 0 Å². The van der Waals surface area contributed by atoms with Crippen molar-refractivity contribution in [3.05, 3.63) is 23.4 Å². The SMILES string of the molecule is Cc1ccc(N)nc1C#CCBr. The second-order valence-corrected chi connectivity index (χ2v) is 2.90. The van der Waals surface area contributed by atoms with Crippen molar-refractivity contribution in [3.8, 4) is 11.8 Å². The maximum absolute atomic E-state index is 5.51. The highest BCUT2D eigenvalue weighted by Gasteiger charge is 1.95. The topological polar surface area (TPSA) is 38.9 Å². The molecule has 0 aliphatic carbocycles. The van der Waals surface area contributed by atoms with E-state index in [2.05, 4.69) is 32.8 Å². The molecule has 1 heterocycles. The van der Waals surface area contributed by atoms with Gasteiger partial charge in [-0.1, -0.05) is 27.9 Å². The standard InChI is InChI=1S/C9H9BrN2/c1-7-4-5-9(11)12-8(7)3-2-6-10/h4-5H,6H2,1H3,(H2,11,12). The van der Waals surface area contributed by atoms with Crippen molar-refractivity contribution in [2.45, 2.75) is 6.92 Å². The molecule has 0 aromatic carbocycles. The summed E-state index contributed by atoms with van der Waals surface area (Å²) < 4.78 is 0. The molecule has 0 unspecified atom stereocenters. The van der Waals surface area contributed by atoms with Gasteiger partial charge in [-0.25, -0.2) is 4.98 Å². The highest BCUT2D eigenvalue weighted by atomic mass is 79.9. The van der Waals surface area contributed by atoms with Crippen molar-refractivity contribution in [2.75, 3.05) is 11.1 Å². The van der Waals surface area contributed by atoms with Crippen LogP contribution in [0.3, 0.4) is 0 Å². The van der Waals surface area contributed by atoms with Crippen LogP contribution in [0.1, 0.15) is 11.3 Å². The number of pyridine rings is 1. The molecular weight excluding hydrogens is 216 g/mol. The maximum Gasteiger partial charge on any atom is 0.124 e. The third-order valence-electron chi connectivity index (χ3n) is 1.39. The van der Waals surface area contributed by atoms with E-state index in [-0.39, 0.29) is 0 Å². The van der Waals surface area contributed by atoms with Gasteiger partial charge in [0.1, 0.15) is 11.5 Å². The molecule has 3 heteroatoms. The quantitative estimate of drug-likeness (QED) is 0.539. The first-order valence-corrected chi connectivity index (χ1v) is 4.64. The fourth-order valence-corrected chi connectivity index (χ4v) is 0.928. The fourth-order valence-electron chi connectivity index (χ4n) is 0.788. The van der Waals surface area contributed by atoms with Crippen LogP contribution in [-0.4, -0.2) is 10.3 Å². The first-order chi connectivity index (χ1) is 5.74. The lowest BCUT2D eigenvalue weighted by molar-refractivity contribution is 1.24. The molecule has 0 fully saturated rings. The maximum atomic E-state index is 5.51. The highest BCUT2D eigenvalue weighted by molar-refractivity contribution is 9.09. The van der Waals surface area contributed by atoms with E-state index in [9.17, 15) is 0 Å². The minimum Gasteiger partial charge on any atom is -0.384 e. The number of alkyl halides is 1. The summed E-state index contributed by atoms with van der Waals surface area (Å²) >= 11 is 3.22. The minimum absolute atomic E-state index is 0.513. The Labute approximate surface area is 80.3 Å². The summed E-state index contributed by atoms with van der Waals surface area (Å²) in [4.78, 5) is 4.09. The molecule has 2 N–H and O–H groups in total. The molecule has 0 amide bonds. The third-order valence-corrected chi connectivity index (χ3v) is 1.67. The van der Waals surface area contributed by atoms with E-state index in [1.165, 1.54) is 0 Å². The zero-order valence-corrected chi connectivity index (χ0v) is 8.35. The smallest absolute Gasteiger partial charge is 0.124 e. The van der Waals surface area contributed by atoms with E-state index in [1.807, 2.05) is 13.0 Å². The highest BCUT2D eigenvalue weighted by Crippen LogP contribution is 2.05. The van der Waals surface area contributed by atoms with E-state index < -0.39 is 0 Å². The predicted molar refractivity (Wildman–Crippen MR) is 54.1 cm³/mol. The first-order valence-electron chi connectivity index (χ1n) is 3.52. The predicted octanol–water partition coefficient (Wildman–Crippen LogP) is 1.72. The molecule has 0 aliphatic rings. The van der Waals surface area contributed by atoms with Crippen LogP contribution in [0.5, 0.6) is 0 Å². The molecule has 2 nitrogen and oxygen atoms in total. The molecule has 62 valence electrons. The monoisotopic (exact) mass is 224 g/mol. The average molecular weight is 225 g/mol. The van der Waals surface area contributed by atoms with E-state index >= 15 is 0 Å². The molecule has 1 rings (SSSR count). The Balaban J connectivity index is 3.05. The lowest BCUT2D eigenvalue weighted by atomic mass is 10.2. The zero-order valence-electron chi connectivity index (χ0n) is 6.76. The lowest BCUT2D eigenvalue weighted by Crippen LogP contribution is -1.94. The third kappa shape index (κ3) is 2.24. The van der Waals surface area contributed by atoms with E-state index in [1.54, 1.807) is 6.07 Å². The van der Waals surface area contributed by atoms with Crippen LogP contribution in [-0.2, 0) is 0 Å². The summed E-state index contributed by atoms with van der Waals surface area (Å²) in [5.41, 5.74) is 7.32. The second-order valence-electron chi connectivity index (χ2n) is 2.34. The normalized spacial score (nSPS) is 8.83. The number of halogens is 1. The number of hydrogen-bond acceptors (Lipinski definition) is 2. The van der Waals surface area contributed by atoms with Crippen LogP contribution in [0.4, 0.5) is 5.82 Å². The van der Waals surface area contributed by atoms with Gasteiger partial charge in [-0.3, -0.25) is 0 Å². The van der Waals surface area contributed by atoms with Gasteiger partial charge in [0.05, 0.1) is 5.33 Å². The number of aromatic nitrogens is 1. The van der Waals surface area contributed by atoms with Crippen LogP contribution in [0, 0.1) is 18.8 Å². The number of nitrogen functional groups attached to an aromatic ring is 1. The van der Waals surface area contributed by atoms with Gasteiger partial charge < -0.3 is 5.73 Å². The van der Waals surface area contributed by atoms with Crippen molar-refractivity contribution in [3.63, 3.8) is 0 Å². The Morgan fingerprint density at radius 2 is 2.33 bits per heavy atom. The van der Waals surface area contributed by atoms with Crippen molar-refractivity contribution in [2.24, 2.45) is 0 Å². The Kier molecular flexibility index (Phi) is 3.12. The van der Waals surface area contributed by atoms with Crippen LogP contribution in [0.15, 0.2) is 12.1 Å². The summed E-state index contributed by atoms with van der Waals surface area (Å²) in [7, 11) is 0. The Morgan fingerprint density at radius 1 is 1.58 bits per heavy atom. The molecule has 0 saturated carbocycles. The number of aryl methyl sites for hydroxylation is 1. The van der Waals surface area contributed by atoms with E-state index in [0.717, 1.165) is 11.3 Å². The van der Waals surface area contributed by atoms with Gasteiger partial charge >= 0.3 is 0 Å². The number of anilines is 1. The largest absolute Gasteiger partial charge is 0.384 e. The van der Waals surface area contributed by atoms with Gasteiger partial charge in [0.2, 0.25) is 0 Å². The zero-order chi connectivity index (χ0) is 8.97. The lowest BCUT2D eigenvalue weighted by Gasteiger charge is -1.97. The molecule has 0 bridgehead atoms. The minimum atomic E-state index is 0.513. The van der Waals surface area contributed by atoms with Crippen molar-refractivity contribution in [1.29, 1.82) is 0 Å². The number of rotatable bonds is 0. The average Bonchev–Trinajstić information content (AvgIpc) is 2.07. The number of nitrogens with zero attached hydrogens (tertiary/aromatic N) is 1. The summed E-state index contributed by atoms with van der Waals surface area (Å²) in [5.74, 6) is 6.31. The van der Waals surface area contributed by atoms with Gasteiger partial charge in [0.15, 0.2) is 0 Å². The molecule has 0 atom stereocenters. The van der Waals surface area contributed by atoms with Crippen molar-refractivity contribution < 1.29 is 0 Å². The van der Waals surface area contributed by atoms with Crippen LogP contribution in [0.2, 0.25) is 0 Å². The Hall–Kier alpha value is -1.01. The molecule has 12 heavy (non-hydrogen) atoms. The molecular formula is C9H9BrN2. The molecule has 0 aliphatic heterocycles. The second kappa shape index (κ2) is 4.13. The summed E-state index contributed by atoms with van der Waals surface area (Å²) in [6.07, 6.45) is 0. The van der Waals surface area contributed by atoms with Crippen LogP contribution in [0.25, 0.3) is 0 Å². The molecule has 1 aromatic rings. The summed E-state index contributed by atoms with van der Waals surface area (Å²) in [5, 5.41) is 0.656. The van der Waals surface area contributed by atoms with Gasteiger partial charge in [-0.15, -0.1) is 0 Å². The fraction of sp³-hybridized carbons (Fsp3) is 0.222. The molecule has 1 aromatic heterocycles. The van der Waals surface area contributed by atoms with Crippen LogP contribution >= 0.6 is 15.9 Å². The number of hydrogen-bond donors (Lipinski definition) is 1. The Bertz CT molecular complexity index is 336. The Morgan fingerprint density at radius 3 is 3.00 bits per heavy atom. The van der Waals surface area contributed by atoms with Crippen LogP contribution < -0.4 is 5.73 Å². The molecule has 0 spiro atoms. The van der Waals surface area contributed by atoms with E-state index in [4.69, 9.17) is 5.73 Å². The first kappa shape index (κ1) is 9.08. The van der Waals surface area contributed by atoms with E-state index in [0.29, 0.717) is 11.1 Å². The molecule has 0 saturated heterocycles. The van der Waals surface area contributed by atoms with Gasteiger partial charge in [-0.05, 0) is 24.5 Å². The molecule has 0 radical (unpaired) electrons.